The van der Waals surface area contributed by atoms with E-state index >= 15 is 0 Å². The summed E-state index contributed by atoms with van der Waals surface area (Å²) < 4.78 is 10.7. The fourth-order valence-corrected chi connectivity index (χ4v) is 2.79. The van der Waals surface area contributed by atoms with Crippen LogP contribution in [0.2, 0.25) is 0 Å². The number of halogens is 1. The van der Waals surface area contributed by atoms with Crippen LogP contribution in [0.1, 0.15) is 27.6 Å². The zero-order valence-electron chi connectivity index (χ0n) is 12.2. The molecule has 2 nitrogen and oxygen atoms in total. The standard InChI is InChI=1S/C17H19ClO2/c1-11-7-5-6-8-13(11)17(18)14-10-16(20-4)15(19-3)9-12(14)2/h5-10,17H,1-4H3. The average Bonchev–Trinajstić information content (AvgIpc) is 2.46. The van der Waals surface area contributed by atoms with Gasteiger partial charge in [-0.1, -0.05) is 24.3 Å². The Morgan fingerprint density at radius 1 is 0.850 bits per heavy atom. The summed E-state index contributed by atoms with van der Waals surface area (Å²) in [5.41, 5.74) is 4.43. The van der Waals surface area contributed by atoms with E-state index in [4.69, 9.17) is 21.1 Å². The molecule has 0 amide bonds. The minimum Gasteiger partial charge on any atom is -0.493 e. The van der Waals surface area contributed by atoms with E-state index in [1.807, 2.05) is 31.2 Å². The first-order chi connectivity index (χ1) is 9.58. The van der Waals surface area contributed by atoms with E-state index in [9.17, 15) is 0 Å². The molecule has 1 atom stereocenters. The Hall–Kier alpha value is -1.67. The summed E-state index contributed by atoms with van der Waals surface area (Å²) in [7, 11) is 3.27. The van der Waals surface area contributed by atoms with E-state index in [1.165, 1.54) is 5.56 Å². The molecule has 0 spiro atoms. The molecule has 0 heterocycles. The second-order valence-electron chi connectivity index (χ2n) is 4.78. The van der Waals surface area contributed by atoms with Crippen LogP contribution in [0.25, 0.3) is 0 Å². The van der Waals surface area contributed by atoms with Crippen molar-refractivity contribution in [2.24, 2.45) is 0 Å². The third kappa shape index (κ3) is 2.75. The van der Waals surface area contributed by atoms with Crippen LogP contribution in [0.3, 0.4) is 0 Å². The first-order valence-corrected chi connectivity index (χ1v) is 6.94. The van der Waals surface area contributed by atoms with E-state index < -0.39 is 0 Å². The summed E-state index contributed by atoms with van der Waals surface area (Å²) >= 11 is 6.67. The molecule has 0 aromatic heterocycles. The molecule has 20 heavy (non-hydrogen) atoms. The van der Waals surface area contributed by atoms with E-state index in [-0.39, 0.29) is 5.38 Å². The highest BCUT2D eigenvalue weighted by atomic mass is 35.5. The van der Waals surface area contributed by atoms with Gasteiger partial charge in [-0.25, -0.2) is 0 Å². The maximum atomic E-state index is 6.67. The van der Waals surface area contributed by atoms with Gasteiger partial charge in [0.15, 0.2) is 11.5 Å². The molecule has 0 bridgehead atoms. The van der Waals surface area contributed by atoms with Gasteiger partial charge in [0.1, 0.15) is 0 Å². The molecule has 0 saturated carbocycles. The summed E-state index contributed by atoms with van der Waals surface area (Å²) in [5.74, 6) is 1.43. The Morgan fingerprint density at radius 2 is 1.45 bits per heavy atom. The topological polar surface area (TPSA) is 18.5 Å². The number of aryl methyl sites for hydroxylation is 2. The Kier molecular flexibility index (Phi) is 4.56. The lowest BCUT2D eigenvalue weighted by atomic mass is 9.96. The van der Waals surface area contributed by atoms with Crippen molar-refractivity contribution in [3.8, 4) is 11.5 Å². The van der Waals surface area contributed by atoms with Crippen LogP contribution in [0, 0.1) is 13.8 Å². The molecule has 0 aliphatic heterocycles. The third-order valence-corrected chi connectivity index (χ3v) is 3.98. The van der Waals surface area contributed by atoms with Crippen LogP contribution in [-0.2, 0) is 0 Å². The van der Waals surface area contributed by atoms with Gasteiger partial charge >= 0.3 is 0 Å². The summed E-state index contributed by atoms with van der Waals surface area (Å²) in [5, 5.41) is -0.198. The van der Waals surface area contributed by atoms with Crippen molar-refractivity contribution in [3.63, 3.8) is 0 Å². The third-order valence-electron chi connectivity index (χ3n) is 3.51. The molecule has 3 heteroatoms. The molecule has 0 saturated heterocycles. The number of benzene rings is 2. The molecule has 0 fully saturated rings. The van der Waals surface area contributed by atoms with Crippen LogP contribution in [0.5, 0.6) is 11.5 Å². The summed E-state index contributed by atoms with van der Waals surface area (Å²) in [6, 6.07) is 12.1. The molecule has 106 valence electrons. The molecule has 0 N–H and O–H groups in total. The molecule has 0 radical (unpaired) electrons. The Balaban J connectivity index is 2.50. The van der Waals surface area contributed by atoms with Crippen molar-refractivity contribution < 1.29 is 9.47 Å². The lowest BCUT2D eigenvalue weighted by Crippen LogP contribution is -2.01. The van der Waals surface area contributed by atoms with Crippen molar-refractivity contribution >= 4 is 11.6 Å². The number of rotatable bonds is 4. The molecule has 2 aromatic rings. The van der Waals surface area contributed by atoms with Gasteiger partial charge in [-0.3, -0.25) is 0 Å². The smallest absolute Gasteiger partial charge is 0.161 e. The first kappa shape index (κ1) is 14.7. The monoisotopic (exact) mass is 290 g/mol. The molecular weight excluding hydrogens is 272 g/mol. The summed E-state index contributed by atoms with van der Waals surface area (Å²) in [6.45, 7) is 4.10. The van der Waals surface area contributed by atoms with Crippen molar-refractivity contribution in [2.45, 2.75) is 19.2 Å². The maximum Gasteiger partial charge on any atom is 0.161 e. The van der Waals surface area contributed by atoms with E-state index in [0.29, 0.717) is 5.75 Å². The summed E-state index contributed by atoms with van der Waals surface area (Å²) in [4.78, 5) is 0. The number of methoxy groups -OCH3 is 2. The normalized spacial score (nSPS) is 12.1. The van der Waals surface area contributed by atoms with Gasteiger partial charge in [0.2, 0.25) is 0 Å². The van der Waals surface area contributed by atoms with Gasteiger partial charge in [-0.05, 0) is 48.2 Å². The van der Waals surface area contributed by atoms with Crippen LogP contribution < -0.4 is 9.47 Å². The van der Waals surface area contributed by atoms with Crippen molar-refractivity contribution in [1.29, 1.82) is 0 Å². The minimum absolute atomic E-state index is 0.198. The molecular formula is C17H19ClO2. The quantitative estimate of drug-likeness (QED) is 0.763. The fourth-order valence-electron chi connectivity index (χ4n) is 2.31. The van der Waals surface area contributed by atoms with Gasteiger partial charge in [0, 0.05) is 0 Å². The van der Waals surface area contributed by atoms with E-state index in [0.717, 1.165) is 22.4 Å². The van der Waals surface area contributed by atoms with Gasteiger partial charge < -0.3 is 9.47 Å². The molecule has 0 aliphatic rings. The van der Waals surface area contributed by atoms with Gasteiger partial charge in [-0.2, -0.15) is 0 Å². The number of ether oxygens (including phenoxy) is 2. The highest BCUT2D eigenvalue weighted by Gasteiger charge is 2.18. The minimum atomic E-state index is -0.198. The Labute approximate surface area is 125 Å². The van der Waals surface area contributed by atoms with E-state index in [2.05, 4.69) is 19.1 Å². The molecule has 2 aromatic carbocycles. The van der Waals surface area contributed by atoms with Crippen LogP contribution in [0.4, 0.5) is 0 Å². The second-order valence-corrected chi connectivity index (χ2v) is 5.22. The lowest BCUT2D eigenvalue weighted by molar-refractivity contribution is 0.354. The van der Waals surface area contributed by atoms with Crippen molar-refractivity contribution in [3.05, 3.63) is 58.7 Å². The largest absolute Gasteiger partial charge is 0.493 e. The Morgan fingerprint density at radius 3 is 2.05 bits per heavy atom. The Bertz CT molecular complexity index is 608. The number of hydrogen-bond acceptors (Lipinski definition) is 2. The van der Waals surface area contributed by atoms with Crippen LogP contribution >= 0.6 is 11.6 Å². The van der Waals surface area contributed by atoms with Crippen molar-refractivity contribution in [1.82, 2.24) is 0 Å². The first-order valence-electron chi connectivity index (χ1n) is 6.50. The predicted octanol–water partition coefficient (Wildman–Crippen LogP) is 4.65. The summed E-state index contributed by atoms with van der Waals surface area (Å²) in [6.07, 6.45) is 0. The number of hydrogen-bond donors (Lipinski definition) is 0. The van der Waals surface area contributed by atoms with Gasteiger partial charge in [-0.15, -0.1) is 11.6 Å². The molecule has 2 rings (SSSR count). The molecule has 1 unspecified atom stereocenters. The van der Waals surface area contributed by atoms with Crippen LogP contribution in [-0.4, -0.2) is 14.2 Å². The van der Waals surface area contributed by atoms with Gasteiger partial charge in [0.05, 0.1) is 19.6 Å². The highest BCUT2D eigenvalue weighted by Crippen LogP contribution is 2.38. The van der Waals surface area contributed by atoms with E-state index in [1.54, 1.807) is 14.2 Å². The molecule has 0 aliphatic carbocycles. The fraction of sp³-hybridized carbons (Fsp3) is 0.294. The van der Waals surface area contributed by atoms with Crippen LogP contribution in [0.15, 0.2) is 36.4 Å². The lowest BCUT2D eigenvalue weighted by Gasteiger charge is -2.18. The van der Waals surface area contributed by atoms with Gasteiger partial charge in [0.25, 0.3) is 0 Å². The highest BCUT2D eigenvalue weighted by molar-refractivity contribution is 6.22. The zero-order chi connectivity index (χ0) is 14.7. The zero-order valence-corrected chi connectivity index (χ0v) is 13.0. The number of alkyl halides is 1. The maximum absolute atomic E-state index is 6.67. The predicted molar refractivity (Wildman–Crippen MR) is 83.2 cm³/mol. The SMILES string of the molecule is COc1cc(C)c(C(Cl)c2ccccc2C)cc1OC. The second kappa shape index (κ2) is 6.19. The average molecular weight is 291 g/mol. The van der Waals surface area contributed by atoms with Crippen molar-refractivity contribution in [2.75, 3.05) is 14.2 Å².